The van der Waals surface area contributed by atoms with Gasteiger partial charge in [0.1, 0.15) is 6.04 Å². The molecule has 0 aliphatic heterocycles. The monoisotopic (exact) mass is 515 g/mol. The van der Waals surface area contributed by atoms with E-state index in [1.165, 1.54) is 24.3 Å². The zero-order valence-corrected chi connectivity index (χ0v) is 20.7. The van der Waals surface area contributed by atoms with Gasteiger partial charge >= 0.3 is 0 Å². The smallest absolute Gasteiger partial charge is 0.244 e. The molecule has 180 valence electrons. The van der Waals surface area contributed by atoms with Gasteiger partial charge in [0.2, 0.25) is 15.9 Å². The number of nitrogens with zero attached hydrogens (tertiary/aromatic N) is 2. The zero-order valence-electron chi connectivity index (χ0n) is 19.1. The van der Waals surface area contributed by atoms with E-state index in [0.29, 0.717) is 21.7 Å². The van der Waals surface area contributed by atoms with Crippen LogP contribution in [0.15, 0.2) is 108 Å². The van der Waals surface area contributed by atoms with Crippen molar-refractivity contribution >= 4 is 27.5 Å². The molecule has 4 rings (SSSR count). The van der Waals surface area contributed by atoms with Crippen LogP contribution in [-0.2, 0) is 21.4 Å². The van der Waals surface area contributed by atoms with Gasteiger partial charge in [0.05, 0.1) is 16.5 Å². The van der Waals surface area contributed by atoms with Gasteiger partial charge in [0, 0.05) is 11.6 Å². The maximum atomic E-state index is 13.8. The van der Waals surface area contributed by atoms with Crippen LogP contribution < -0.4 is 5.73 Å². The van der Waals surface area contributed by atoms with Crippen molar-refractivity contribution in [2.75, 3.05) is 0 Å². The van der Waals surface area contributed by atoms with Crippen molar-refractivity contribution in [2.45, 2.75) is 17.5 Å². The molecule has 0 saturated carbocycles. The zero-order chi connectivity index (χ0) is 25.7. The van der Waals surface area contributed by atoms with Crippen LogP contribution in [0, 0.1) is 11.3 Å². The van der Waals surface area contributed by atoms with E-state index in [1.54, 1.807) is 54.6 Å². The fraction of sp³-hybridized carbons (Fsp3) is 0.0714. The van der Waals surface area contributed by atoms with Gasteiger partial charge in [-0.2, -0.15) is 9.57 Å². The lowest BCUT2D eigenvalue weighted by molar-refractivity contribution is -0.122. The molecular weight excluding hydrogens is 494 g/mol. The molecule has 0 aromatic heterocycles. The third-order valence-corrected chi connectivity index (χ3v) is 7.82. The molecule has 0 aliphatic rings. The van der Waals surface area contributed by atoms with E-state index in [9.17, 15) is 18.5 Å². The van der Waals surface area contributed by atoms with E-state index in [4.69, 9.17) is 17.3 Å². The van der Waals surface area contributed by atoms with Gasteiger partial charge in [-0.25, -0.2) is 8.42 Å². The summed E-state index contributed by atoms with van der Waals surface area (Å²) in [5, 5.41) is 9.81. The number of hydrogen-bond donors (Lipinski definition) is 1. The highest BCUT2D eigenvalue weighted by Gasteiger charge is 2.36. The fourth-order valence-electron chi connectivity index (χ4n) is 3.97. The number of carbonyl (C=O) groups is 1. The highest BCUT2D eigenvalue weighted by atomic mass is 35.5. The second-order valence-electron chi connectivity index (χ2n) is 8.07. The third kappa shape index (κ3) is 5.31. The lowest BCUT2D eigenvalue weighted by atomic mass is 9.99. The molecule has 8 heteroatoms. The summed E-state index contributed by atoms with van der Waals surface area (Å²) in [6.45, 7) is -0.104. The number of hydrogen-bond acceptors (Lipinski definition) is 4. The van der Waals surface area contributed by atoms with Crippen LogP contribution in [0.4, 0.5) is 0 Å². The molecule has 0 spiro atoms. The number of nitriles is 1. The highest BCUT2D eigenvalue weighted by molar-refractivity contribution is 7.89. The van der Waals surface area contributed by atoms with Crippen molar-refractivity contribution in [1.29, 1.82) is 5.26 Å². The normalized spacial score (nSPS) is 12.1. The number of halogens is 1. The number of benzene rings is 4. The molecule has 0 aliphatic carbocycles. The Labute approximate surface area is 215 Å². The van der Waals surface area contributed by atoms with E-state index in [0.717, 1.165) is 15.4 Å². The number of primary amides is 1. The average molecular weight is 516 g/mol. The molecule has 0 saturated heterocycles. The van der Waals surface area contributed by atoms with Crippen LogP contribution in [0.25, 0.3) is 11.1 Å². The summed E-state index contributed by atoms with van der Waals surface area (Å²) in [7, 11) is -4.15. The summed E-state index contributed by atoms with van der Waals surface area (Å²) in [6, 6.07) is 29.7. The Hall–Kier alpha value is -3.96. The number of nitrogens with two attached hydrogens (primary N) is 1. The fourth-order valence-corrected chi connectivity index (χ4v) is 5.67. The Bertz CT molecular complexity index is 1520. The Balaban J connectivity index is 1.77. The first kappa shape index (κ1) is 25.1. The Morgan fingerprint density at radius 2 is 1.50 bits per heavy atom. The first-order chi connectivity index (χ1) is 17.3. The van der Waals surface area contributed by atoms with Crippen LogP contribution in [0.2, 0.25) is 5.02 Å². The minimum Gasteiger partial charge on any atom is -0.368 e. The third-order valence-electron chi connectivity index (χ3n) is 5.74. The minimum atomic E-state index is -4.15. The lowest BCUT2D eigenvalue weighted by Crippen LogP contribution is -2.41. The Morgan fingerprint density at radius 3 is 2.11 bits per heavy atom. The average Bonchev–Trinajstić information content (AvgIpc) is 2.89. The van der Waals surface area contributed by atoms with Crippen molar-refractivity contribution in [3.05, 3.63) is 125 Å². The predicted octanol–water partition coefficient (Wildman–Crippen LogP) is 5.30. The van der Waals surface area contributed by atoms with E-state index in [1.807, 2.05) is 24.3 Å². The second-order valence-corrected chi connectivity index (χ2v) is 10.4. The van der Waals surface area contributed by atoms with Crippen LogP contribution in [0.5, 0.6) is 0 Å². The molecule has 1 amide bonds. The van der Waals surface area contributed by atoms with E-state index in [2.05, 4.69) is 6.07 Å². The SMILES string of the molecule is N#Cc1ccccc1-c1ccc(CN([C@@H](C(N)=O)c2ccccc2)S(=O)(=O)c2ccc(Cl)cc2)cc1. The van der Waals surface area contributed by atoms with E-state index in [-0.39, 0.29) is 11.4 Å². The summed E-state index contributed by atoms with van der Waals surface area (Å²) in [4.78, 5) is 12.6. The Kier molecular flexibility index (Phi) is 7.51. The van der Waals surface area contributed by atoms with Gasteiger partial charge in [0.15, 0.2) is 0 Å². The molecule has 0 bridgehead atoms. The largest absolute Gasteiger partial charge is 0.368 e. The number of amides is 1. The van der Waals surface area contributed by atoms with Crippen LogP contribution in [0.3, 0.4) is 0 Å². The summed E-state index contributed by atoms with van der Waals surface area (Å²) in [6.07, 6.45) is 0. The number of rotatable bonds is 8. The van der Waals surface area contributed by atoms with Gasteiger partial charge in [0.25, 0.3) is 0 Å². The molecular formula is C28H22ClN3O3S. The topological polar surface area (TPSA) is 104 Å². The van der Waals surface area contributed by atoms with Gasteiger partial charge in [-0.1, -0.05) is 84.4 Å². The summed E-state index contributed by atoms with van der Waals surface area (Å²) >= 11 is 5.96. The molecule has 4 aromatic carbocycles. The van der Waals surface area contributed by atoms with E-state index < -0.39 is 22.0 Å². The van der Waals surface area contributed by atoms with Crippen molar-refractivity contribution in [3.8, 4) is 17.2 Å². The van der Waals surface area contributed by atoms with Gasteiger partial charge in [-0.15, -0.1) is 0 Å². The standard InChI is InChI=1S/C28H22ClN3O3S/c29-24-14-16-25(17-15-24)36(34,35)32(27(28(31)33)22-6-2-1-3-7-22)19-20-10-12-21(13-11-20)26-9-5-4-8-23(26)18-30/h1-17,27H,19H2,(H2,31,33)/t27-/m1/s1. The van der Waals surface area contributed by atoms with Gasteiger partial charge < -0.3 is 5.73 Å². The Morgan fingerprint density at radius 1 is 0.889 bits per heavy atom. The van der Waals surface area contributed by atoms with Crippen molar-refractivity contribution in [3.63, 3.8) is 0 Å². The minimum absolute atomic E-state index is 0.00588. The first-order valence-electron chi connectivity index (χ1n) is 11.0. The molecule has 6 nitrogen and oxygen atoms in total. The van der Waals surface area contributed by atoms with Crippen molar-refractivity contribution in [1.82, 2.24) is 4.31 Å². The molecule has 0 radical (unpaired) electrons. The van der Waals surface area contributed by atoms with Crippen LogP contribution in [0.1, 0.15) is 22.7 Å². The number of carbonyl (C=O) groups excluding carboxylic acids is 1. The maximum absolute atomic E-state index is 13.8. The van der Waals surface area contributed by atoms with E-state index >= 15 is 0 Å². The molecule has 0 unspecified atom stereocenters. The molecule has 1 atom stereocenters. The molecule has 0 fully saturated rings. The maximum Gasteiger partial charge on any atom is 0.244 e. The molecule has 2 N–H and O–H groups in total. The lowest BCUT2D eigenvalue weighted by Gasteiger charge is -2.29. The molecule has 36 heavy (non-hydrogen) atoms. The summed E-state index contributed by atoms with van der Waals surface area (Å²) in [5.74, 6) is -0.793. The molecule has 0 heterocycles. The first-order valence-corrected chi connectivity index (χ1v) is 12.8. The highest BCUT2D eigenvalue weighted by Crippen LogP contribution is 2.31. The second kappa shape index (κ2) is 10.8. The quantitative estimate of drug-likeness (QED) is 0.344. The molecule has 4 aromatic rings. The summed E-state index contributed by atoms with van der Waals surface area (Å²) in [5.41, 5.74) is 8.99. The van der Waals surface area contributed by atoms with Crippen molar-refractivity contribution in [2.24, 2.45) is 5.73 Å². The predicted molar refractivity (Wildman–Crippen MR) is 139 cm³/mol. The van der Waals surface area contributed by atoms with Crippen LogP contribution >= 0.6 is 11.6 Å². The van der Waals surface area contributed by atoms with Gasteiger partial charge in [-0.05, 0) is 52.6 Å². The summed E-state index contributed by atoms with van der Waals surface area (Å²) < 4.78 is 28.7. The van der Waals surface area contributed by atoms with Gasteiger partial charge in [-0.3, -0.25) is 4.79 Å². The van der Waals surface area contributed by atoms with Crippen molar-refractivity contribution < 1.29 is 13.2 Å². The van der Waals surface area contributed by atoms with Crippen LogP contribution in [-0.4, -0.2) is 18.6 Å². The number of sulfonamides is 1.